The lowest BCUT2D eigenvalue weighted by Crippen LogP contribution is -2.38. The Labute approximate surface area is 110 Å². The number of halogens is 2. The summed E-state index contributed by atoms with van der Waals surface area (Å²) < 4.78 is 0. The van der Waals surface area contributed by atoms with Gasteiger partial charge in [-0.2, -0.15) is 0 Å². The number of carbonyl (C=O) groups is 2. The molecule has 1 atom stereocenters. The number of hydrogen-bond donors (Lipinski definition) is 1. The van der Waals surface area contributed by atoms with E-state index < -0.39 is 6.04 Å². The highest BCUT2D eigenvalue weighted by atomic mass is 35.5. The zero-order chi connectivity index (χ0) is 13.0. The summed E-state index contributed by atoms with van der Waals surface area (Å²) in [6.45, 7) is 3.08. The summed E-state index contributed by atoms with van der Waals surface area (Å²) >= 11 is 11.6. The summed E-state index contributed by atoms with van der Waals surface area (Å²) in [5, 5.41) is 3.46. The van der Waals surface area contributed by atoms with E-state index in [2.05, 4.69) is 5.32 Å². The highest BCUT2D eigenvalue weighted by Crippen LogP contribution is 2.22. The van der Waals surface area contributed by atoms with E-state index in [1.807, 2.05) is 0 Å². The molecular weight excluding hydrogens is 261 g/mol. The Bertz CT molecular complexity index is 446. The Kier molecular flexibility index (Phi) is 4.97. The van der Waals surface area contributed by atoms with Crippen LogP contribution in [0.25, 0.3) is 0 Å². The lowest BCUT2D eigenvalue weighted by Gasteiger charge is -2.10. The molecule has 0 bridgehead atoms. The molecule has 3 nitrogen and oxygen atoms in total. The summed E-state index contributed by atoms with van der Waals surface area (Å²) in [7, 11) is 0. The molecule has 5 heteroatoms. The summed E-state index contributed by atoms with van der Waals surface area (Å²) in [5.41, 5.74) is 0.757. The third-order valence-corrected chi connectivity index (χ3v) is 3.08. The topological polar surface area (TPSA) is 46.2 Å². The van der Waals surface area contributed by atoms with Crippen molar-refractivity contribution in [3.63, 3.8) is 0 Å². The Morgan fingerprint density at radius 3 is 2.47 bits per heavy atom. The Morgan fingerprint density at radius 2 is 1.94 bits per heavy atom. The van der Waals surface area contributed by atoms with E-state index in [9.17, 15) is 9.59 Å². The van der Waals surface area contributed by atoms with Crippen LogP contribution >= 0.6 is 23.2 Å². The Balaban J connectivity index is 2.62. The molecule has 0 aromatic heterocycles. The second-order valence-corrected chi connectivity index (χ2v) is 4.64. The zero-order valence-electron chi connectivity index (χ0n) is 9.59. The van der Waals surface area contributed by atoms with Crippen LogP contribution in [-0.2, 0) is 16.0 Å². The van der Waals surface area contributed by atoms with Gasteiger partial charge >= 0.3 is 0 Å². The first-order chi connectivity index (χ1) is 7.90. The summed E-state index contributed by atoms with van der Waals surface area (Å²) in [6.07, 6.45) is 0.175. The van der Waals surface area contributed by atoms with E-state index >= 15 is 0 Å². The number of amides is 1. The maximum atomic E-state index is 11.6. The number of nitrogens with one attached hydrogen (secondary N) is 1. The molecule has 0 saturated carbocycles. The van der Waals surface area contributed by atoms with Crippen LogP contribution in [0.1, 0.15) is 19.4 Å². The number of carbonyl (C=O) groups excluding carboxylic acids is 2. The van der Waals surface area contributed by atoms with Gasteiger partial charge in [-0.25, -0.2) is 0 Å². The molecule has 1 N–H and O–H groups in total. The van der Waals surface area contributed by atoms with Crippen molar-refractivity contribution in [2.75, 3.05) is 0 Å². The van der Waals surface area contributed by atoms with Crippen LogP contribution in [0.15, 0.2) is 18.2 Å². The van der Waals surface area contributed by atoms with Crippen LogP contribution < -0.4 is 5.32 Å². The van der Waals surface area contributed by atoms with Crippen LogP contribution in [-0.4, -0.2) is 17.7 Å². The largest absolute Gasteiger partial charge is 0.346 e. The van der Waals surface area contributed by atoms with Crippen LogP contribution in [0.3, 0.4) is 0 Å². The first-order valence-corrected chi connectivity index (χ1v) is 5.89. The fourth-order valence-electron chi connectivity index (χ4n) is 1.23. The smallest absolute Gasteiger partial charge is 0.224 e. The maximum Gasteiger partial charge on any atom is 0.224 e. The van der Waals surface area contributed by atoms with Gasteiger partial charge in [-0.15, -0.1) is 0 Å². The van der Waals surface area contributed by atoms with Gasteiger partial charge in [0.2, 0.25) is 5.91 Å². The Morgan fingerprint density at radius 1 is 1.29 bits per heavy atom. The molecule has 1 aromatic rings. The van der Waals surface area contributed by atoms with E-state index in [0.29, 0.717) is 10.0 Å². The minimum Gasteiger partial charge on any atom is -0.346 e. The predicted octanol–water partition coefficient (Wildman–Crippen LogP) is 2.63. The quantitative estimate of drug-likeness (QED) is 0.917. The molecular formula is C12H13Cl2NO2. The molecule has 0 fully saturated rings. The average Bonchev–Trinajstić information content (AvgIpc) is 2.23. The molecule has 17 heavy (non-hydrogen) atoms. The van der Waals surface area contributed by atoms with Crippen molar-refractivity contribution in [3.05, 3.63) is 33.8 Å². The number of hydrogen-bond acceptors (Lipinski definition) is 2. The second kappa shape index (κ2) is 6.03. The van der Waals surface area contributed by atoms with Gasteiger partial charge in [-0.3, -0.25) is 9.59 Å². The van der Waals surface area contributed by atoms with Gasteiger partial charge in [0.15, 0.2) is 5.78 Å². The minimum absolute atomic E-state index is 0.0764. The molecule has 1 aromatic carbocycles. The van der Waals surface area contributed by atoms with Crippen molar-refractivity contribution in [2.45, 2.75) is 26.3 Å². The molecule has 0 heterocycles. The number of benzene rings is 1. The lowest BCUT2D eigenvalue weighted by atomic mass is 10.1. The van der Waals surface area contributed by atoms with Crippen molar-refractivity contribution in [1.29, 1.82) is 0 Å². The molecule has 1 rings (SSSR count). The van der Waals surface area contributed by atoms with Crippen molar-refractivity contribution >= 4 is 34.9 Å². The van der Waals surface area contributed by atoms with Gasteiger partial charge in [0.05, 0.1) is 22.5 Å². The number of ketones is 1. The molecule has 92 valence electrons. The van der Waals surface area contributed by atoms with Crippen molar-refractivity contribution in [2.24, 2.45) is 0 Å². The van der Waals surface area contributed by atoms with Gasteiger partial charge in [-0.1, -0.05) is 29.3 Å². The lowest BCUT2D eigenvalue weighted by molar-refractivity contribution is -0.126. The zero-order valence-corrected chi connectivity index (χ0v) is 11.1. The van der Waals surface area contributed by atoms with Crippen LogP contribution in [0, 0.1) is 0 Å². The molecule has 1 unspecified atom stereocenters. The molecule has 1 amide bonds. The molecule has 0 aliphatic carbocycles. The maximum absolute atomic E-state index is 11.6. The minimum atomic E-state index is -0.467. The van der Waals surface area contributed by atoms with Crippen LogP contribution in [0.2, 0.25) is 10.0 Å². The van der Waals surface area contributed by atoms with Crippen LogP contribution in [0.4, 0.5) is 0 Å². The molecule has 0 radical (unpaired) electrons. The first-order valence-electron chi connectivity index (χ1n) is 5.14. The Hall–Kier alpha value is -1.06. The molecule has 0 aliphatic heterocycles. The number of Topliss-reactive ketones (excluding diaryl/α,β-unsaturated/α-hetero) is 1. The van der Waals surface area contributed by atoms with Gasteiger partial charge in [0.1, 0.15) is 0 Å². The predicted molar refractivity (Wildman–Crippen MR) is 68.5 cm³/mol. The molecule has 0 spiro atoms. The molecule has 0 aliphatic rings. The van der Waals surface area contributed by atoms with Gasteiger partial charge in [0.25, 0.3) is 0 Å². The van der Waals surface area contributed by atoms with E-state index in [-0.39, 0.29) is 18.1 Å². The van der Waals surface area contributed by atoms with E-state index in [1.165, 1.54) is 6.92 Å². The van der Waals surface area contributed by atoms with Gasteiger partial charge < -0.3 is 5.32 Å². The summed E-state index contributed by atoms with van der Waals surface area (Å²) in [5.74, 6) is -0.293. The van der Waals surface area contributed by atoms with Gasteiger partial charge in [0, 0.05) is 0 Å². The third-order valence-electron chi connectivity index (χ3n) is 2.34. The highest BCUT2D eigenvalue weighted by Gasteiger charge is 2.12. The van der Waals surface area contributed by atoms with Gasteiger partial charge in [-0.05, 0) is 31.5 Å². The van der Waals surface area contributed by atoms with E-state index in [1.54, 1.807) is 25.1 Å². The first kappa shape index (κ1) is 14.0. The van der Waals surface area contributed by atoms with Crippen molar-refractivity contribution in [3.8, 4) is 0 Å². The number of rotatable bonds is 4. The highest BCUT2D eigenvalue weighted by molar-refractivity contribution is 6.42. The van der Waals surface area contributed by atoms with E-state index in [4.69, 9.17) is 23.2 Å². The standard InChI is InChI=1S/C12H13Cl2NO2/c1-7(8(2)16)15-12(17)6-9-3-4-10(13)11(14)5-9/h3-5,7H,6H2,1-2H3,(H,15,17). The van der Waals surface area contributed by atoms with Crippen molar-refractivity contribution in [1.82, 2.24) is 5.32 Å². The fraction of sp³-hybridized carbons (Fsp3) is 0.333. The normalized spacial score (nSPS) is 12.0. The van der Waals surface area contributed by atoms with Crippen molar-refractivity contribution < 1.29 is 9.59 Å². The summed E-state index contributed by atoms with van der Waals surface area (Å²) in [4.78, 5) is 22.6. The van der Waals surface area contributed by atoms with E-state index in [0.717, 1.165) is 5.56 Å². The van der Waals surface area contributed by atoms with Crippen LogP contribution in [0.5, 0.6) is 0 Å². The fourth-order valence-corrected chi connectivity index (χ4v) is 1.55. The third kappa shape index (κ3) is 4.36. The molecule has 0 saturated heterocycles. The SMILES string of the molecule is CC(=O)C(C)NC(=O)Cc1ccc(Cl)c(Cl)c1. The monoisotopic (exact) mass is 273 g/mol. The average molecular weight is 274 g/mol. The second-order valence-electron chi connectivity index (χ2n) is 3.83. The summed E-state index contributed by atoms with van der Waals surface area (Å²) in [6, 6.07) is 4.54.